The van der Waals surface area contributed by atoms with Crippen molar-refractivity contribution in [3.63, 3.8) is 0 Å². The standard InChI is InChI=1S/C9H4F8/c10-7(11)5-3-4(8(12,13)14)1-2-6(5)9(15,16)17/h1-3,7H. The molecule has 0 radical (unpaired) electrons. The lowest BCUT2D eigenvalue weighted by Crippen LogP contribution is -2.12. The second-order valence-electron chi connectivity index (χ2n) is 3.10. The highest BCUT2D eigenvalue weighted by Gasteiger charge is 2.38. The van der Waals surface area contributed by atoms with Crippen LogP contribution in [0.4, 0.5) is 35.1 Å². The molecule has 0 aliphatic carbocycles. The van der Waals surface area contributed by atoms with Crippen LogP contribution in [0.3, 0.4) is 0 Å². The SMILES string of the molecule is FC(F)c1cc(C(F)(F)F)ccc1C(F)(F)F. The van der Waals surface area contributed by atoms with E-state index in [1.54, 1.807) is 0 Å². The molecular formula is C9H4F8. The first-order chi connectivity index (χ1) is 7.53. The zero-order chi connectivity index (χ0) is 13.4. The molecule has 0 heterocycles. The van der Waals surface area contributed by atoms with Crippen LogP contribution in [0.2, 0.25) is 0 Å². The van der Waals surface area contributed by atoms with E-state index in [2.05, 4.69) is 0 Å². The minimum absolute atomic E-state index is 0.00428. The van der Waals surface area contributed by atoms with E-state index in [-0.39, 0.29) is 18.2 Å². The zero-order valence-corrected chi connectivity index (χ0v) is 7.83. The third-order valence-electron chi connectivity index (χ3n) is 1.92. The topological polar surface area (TPSA) is 0 Å². The maximum atomic E-state index is 12.3. The van der Waals surface area contributed by atoms with Gasteiger partial charge >= 0.3 is 12.4 Å². The third kappa shape index (κ3) is 3.07. The van der Waals surface area contributed by atoms with Crippen LogP contribution in [0.1, 0.15) is 23.1 Å². The number of rotatable bonds is 1. The van der Waals surface area contributed by atoms with Crippen molar-refractivity contribution in [3.8, 4) is 0 Å². The van der Waals surface area contributed by atoms with E-state index in [1.165, 1.54) is 0 Å². The molecule has 8 heteroatoms. The molecule has 1 rings (SSSR count). The van der Waals surface area contributed by atoms with Gasteiger partial charge in [0, 0.05) is 5.56 Å². The molecule has 0 spiro atoms. The van der Waals surface area contributed by atoms with Crippen LogP contribution < -0.4 is 0 Å². The second-order valence-corrected chi connectivity index (χ2v) is 3.10. The lowest BCUT2D eigenvalue weighted by atomic mass is 10.0. The largest absolute Gasteiger partial charge is 0.416 e. The van der Waals surface area contributed by atoms with E-state index >= 15 is 0 Å². The molecule has 0 N–H and O–H groups in total. The lowest BCUT2D eigenvalue weighted by Gasteiger charge is -2.15. The van der Waals surface area contributed by atoms with E-state index in [1.807, 2.05) is 0 Å². The molecule has 0 saturated heterocycles. The van der Waals surface area contributed by atoms with Gasteiger partial charge in [0.05, 0.1) is 11.1 Å². The predicted molar refractivity (Wildman–Crippen MR) is 41.4 cm³/mol. The van der Waals surface area contributed by atoms with Gasteiger partial charge in [0.15, 0.2) is 0 Å². The summed E-state index contributed by atoms with van der Waals surface area (Å²) in [5.74, 6) is 0. The van der Waals surface area contributed by atoms with E-state index in [0.29, 0.717) is 0 Å². The van der Waals surface area contributed by atoms with Gasteiger partial charge in [-0.2, -0.15) is 26.3 Å². The van der Waals surface area contributed by atoms with Crippen LogP contribution in [0.5, 0.6) is 0 Å². The molecule has 17 heavy (non-hydrogen) atoms. The Labute approximate surface area is 89.9 Å². The first-order valence-corrected chi connectivity index (χ1v) is 4.10. The molecule has 0 bridgehead atoms. The summed E-state index contributed by atoms with van der Waals surface area (Å²) >= 11 is 0. The summed E-state index contributed by atoms with van der Waals surface area (Å²) < 4.78 is 97.6. The Bertz CT molecular complexity index is 400. The number of alkyl halides is 8. The van der Waals surface area contributed by atoms with Crippen molar-refractivity contribution < 1.29 is 35.1 Å². The summed E-state index contributed by atoms with van der Waals surface area (Å²) in [6.07, 6.45) is -13.7. The van der Waals surface area contributed by atoms with Gasteiger partial charge in [0.25, 0.3) is 6.43 Å². The third-order valence-corrected chi connectivity index (χ3v) is 1.92. The van der Waals surface area contributed by atoms with Crippen LogP contribution in [0, 0.1) is 0 Å². The summed E-state index contributed by atoms with van der Waals surface area (Å²) in [7, 11) is 0. The molecule has 0 aliphatic rings. The molecular weight excluding hydrogens is 260 g/mol. The maximum absolute atomic E-state index is 12.3. The summed E-state index contributed by atoms with van der Waals surface area (Å²) in [6, 6.07) is -0.0630. The fraction of sp³-hybridized carbons (Fsp3) is 0.333. The number of halogens is 8. The smallest absolute Gasteiger partial charge is 0.205 e. The normalized spacial score (nSPS) is 13.2. The summed E-state index contributed by atoms with van der Waals surface area (Å²) in [5, 5.41) is 0. The molecule has 0 atom stereocenters. The molecule has 0 aromatic heterocycles. The molecule has 0 fully saturated rings. The van der Waals surface area contributed by atoms with Gasteiger partial charge in [-0.1, -0.05) is 0 Å². The minimum Gasteiger partial charge on any atom is -0.205 e. The maximum Gasteiger partial charge on any atom is 0.416 e. The Hall–Kier alpha value is -1.34. The minimum atomic E-state index is -5.12. The number of hydrogen-bond acceptors (Lipinski definition) is 0. The highest BCUT2D eigenvalue weighted by atomic mass is 19.4. The van der Waals surface area contributed by atoms with E-state index in [0.717, 1.165) is 0 Å². The van der Waals surface area contributed by atoms with Crippen molar-refractivity contribution in [1.82, 2.24) is 0 Å². The first kappa shape index (κ1) is 13.7. The quantitative estimate of drug-likeness (QED) is 0.647. The van der Waals surface area contributed by atoms with Crippen LogP contribution in [-0.4, -0.2) is 0 Å². The van der Waals surface area contributed by atoms with E-state index in [4.69, 9.17) is 0 Å². The number of hydrogen-bond donors (Lipinski definition) is 0. The van der Waals surface area contributed by atoms with Gasteiger partial charge in [-0.15, -0.1) is 0 Å². The molecule has 1 aromatic rings. The van der Waals surface area contributed by atoms with Gasteiger partial charge in [-0.25, -0.2) is 8.78 Å². The summed E-state index contributed by atoms with van der Waals surface area (Å²) in [4.78, 5) is 0. The monoisotopic (exact) mass is 264 g/mol. The van der Waals surface area contributed by atoms with E-state index < -0.39 is 35.5 Å². The predicted octanol–water partition coefficient (Wildman–Crippen LogP) is 4.66. The molecule has 0 amide bonds. The van der Waals surface area contributed by atoms with Crippen LogP contribution in [0.15, 0.2) is 18.2 Å². The molecule has 1 aromatic carbocycles. The number of benzene rings is 1. The van der Waals surface area contributed by atoms with Gasteiger partial charge in [0.2, 0.25) is 0 Å². The second kappa shape index (κ2) is 4.15. The highest BCUT2D eigenvalue weighted by Crippen LogP contribution is 2.39. The lowest BCUT2D eigenvalue weighted by molar-refractivity contribution is -0.142. The average Bonchev–Trinajstić information content (AvgIpc) is 2.14. The van der Waals surface area contributed by atoms with Gasteiger partial charge in [-0.05, 0) is 18.2 Å². The molecule has 0 nitrogen and oxygen atoms in total. The van der Waals surface area contributed by atoms with Crippen LogP contribution in [-0.2, 0) is 12.4 Å². The molecule has 0 unspecified atom stereocenters. The van der Waals surface area contributed by atoms with Gasteiger partial charge < -0.3 is 0 Å². The fourth-order valence-electron chi connectivity index (χ4n) is 1.18. The van der Waals surface area contributed by atoms with Crippen LogP contribution in [0.25, 0.3) is 0 Å². The van der Waals surface area contributed by atoms with Crippen LogP contribution >= 0.6 is 0 Å². The summed E-state index contributed by atoms with van der Waals surface area (Å²) in [5.41, 5.74) is -4.98. The van der Waals surface area contributed by atoms with Crippen molar-refractivity contribution >= 4 is 0 Å². The van der Waals surface area contributed by atoms with E-state index in [9.17, 15) is 35.1 Å². The van der Waals surface area contributed by atoms with Gasteiger partial charge in [-0.3, -0.25) is 0 Å². The highest BCUT2D eigenvalue weighted by molar-refractivity contribution is 5.36. The van der Waals surface area contributed by atoms with Crippen molar-refractivity contribution in [1.29, 1.82) is 0 Å². The first-order valence-electron chi connectivity index (χ1n) is 4.10. The van der Waals surface area contributed by atoms with Crippen molar-refractivity contribution in [3.05, 3.63) is 34.9 Å². The Morgan fingerprint density at radius 3 is 1.71 bits per heavy atom. The van der Waals surface area contributed by atoms with Gasteiger partial charge in [0.1, 0.15) is 0 Å². The average molecular weight is 264 g/mol. The molecule has 0 saturated carbocycles. The Balaban J connectivity index is 3.38. The van der Waals surface area contributed by atoms with Crippen molar-refractivity contribution in [2.75, 3.05) is 0 Å². The Morgan fingerprint density at radius 2 is 1.35 bits per heavy atom. The fourth-order valence-corrected chi connectivity index (χ4v) is 1.18. The summed E-state index contributed by atoms with van der Waals surface area (Å²) in [6.45, 7) is 0. The van der Waals surface area contributed by atoms with Crippen molar-refractivity contribution in [2.45, 2.75) is 18.8 Å². The Kier molecular flexibility index (Phi) is 3.35. The molecule has 0 aliphatic heterocycles. The molecule has 96 valence electrons. The zero-order valence-electron chi connectivity index (χ0n) is 7.83. The Morgan fingerprint density at radius 1 is 0.824 bits per heavy atom. The van der Waals surface area contributed by atoms with Crippen molar-refractivity contribution in [2.24, 2.45) is 0 Å².